The number of carboxylic acid groups (broad SMARTS) is 1. The van der Waals surface area contributed by atoms with E-state index in [1.165, 1.54) is 32.2 Å². The van der Waals surface area contributed by atoms with Crippen LogP contribution in [0.4, 0.5) is 13.2 Å². The largest absolute Gasteiger partial charge is 0.488 e. The van der Waals surface area contributed by atoms with Gasteiger partial charge in [-0.25, -0.2) is 27.6 Å². The van der Waals surface area contributed by atoms with Crippen molar-refractivity contribution in [3.63, 3.8) is 0 Å². The fourth-order valence-electron chi connectivity index (χ4n) is 2.85. The number of hydrogen-bond acceptors (Lipinski definition) is 7. The maximum atomic E-state index is 13.3. The van der Waals surface area contributed by atoms with Crippen molar-refractivity contribution in [3.8, 4) is 0 Å². The standard InChI is InChI=1S/C9H10BFO4.C9H8FIO2.C8H6FIO2/c1-5-7(10(13)14)3-6(4-8(5)11)9(12)15-2;1-5-7(10)3-6(4-8(5)11)9(12)13-2;1-4-6(9)2-5(8(11)12)3-7(4)10/h3-4,13-14H,1-2H3;3-4H,1-2H3;2-3H,1H3,(H,11,12). The Labute approximate surface area is 255 Å². The van der Waals surface area contributed by atoms with Gasteiger partial charge in [-0.2, -0.15) is 0 Å². The third kappa shape index (κ3) is 9.74. The van der Waals surface area contributed by atoms with Crippen molar-refractivity contribution in [2.45, 2.75) is 20.8 Å². The summed E-state index contributed by atoms with van der Waals surface area (Å²) in [7, 11) is 0.617. The zero-order chi connectivity index (χ0) is 30.9. The third-order valence-corrected chi connectivity index (χ3v) is 7.55. The second kappa shape index (κ2) is 15.9. The predicted molar refractivity (Wildman–Crippen MR) is 158 cm³/mol. The van der Waals surface area contributed by atoms with E-state index in [0.717, 1.165) is 22.8 Å². The van der Waals surface area contributed by atoms with Crippen LogP contribution >= 0.6 is 45.2 Å². The molecule has 0 fully saturated rings. The number of carbonyl (C=O) groups excluding carboxylic acids is 2. The Hall–Kier alpha value is -2.70. The minimum atomic E-state index is -1.82. The first kappa shape index (κ1) is 35.3. The van der Waals surface area contributed by atoms with Crippen molar-refractivity contribution in [1.29, 1.82) is 0 Å². The summed E-state index contributed by atoms with van der Waals surface area (Å²) < 4.78 is 49.5. The van der Waals surface area contributed by atoms with E-state index >= 15 is 0 Å². The van der Waals surface area contributed by atoms with Crippen molar-refractivity contribution in [2.24, 2.45) is 0 Å². The van der Waals surface area contributed by atoms with Gasteiger partial charge in [-0.15, -0.1) is 0 Å². The number of methoxy groups -OCH3 is 2. The minimum absolute atomic E-state index is 0.0116. The van der Waals surface area contributed by atoms with Gasteiger partial charge < -0.3 is 24.6 Å². The molecular weight excluding hydrogens is 762 g/mol. The monoisotopic (exact) mass is 786 g/mol. The van der Waals surface area contributed by atoms with E-state index in [1.54, 1.807) is 19.9 Å². The number of rotatable bonds is 4. The Morgan fingerprint density at radius 1 is 0.675 bits per heavy atom. The Kier molecular flexibility index (Phi) is 14.1. The number of ether oxygens (including phenoxy) is 2. The second-order valence-corrected chi connectivity index (χ2v) is 10.3. The molecule has 0 amide bonds. The molecule has 0 heterocycles. The summed E-state index contributed by atoms with van der Waals surface area (Å²) >= 11 is 3.88. The van der Waals surface area contributed by atoms with E-state index in [1.807, 2.05) is 45.2 Å². The van der Waals surface area contributed by atoms with Crippen LogP contribution in [0.3, 0.4) is 0 Å². The summed E-state index contributed by atoms with van der Waals surface area (Å²) in [5.41, 5.74) is 1.27. The second-order valence-electron chi connectivity index (χ2n) is 7.96. The molecule has 0 atom stereocenters. The number of carbonyl (C=O) groups is 3. The van der Waals surface area contributed by atoms with Crippen molar-refractivity contribution in [3.05, 3.63) is 94.4 Å². The van der Waals surface area contributed by atoms with Crippen molar-refractivity contribution < 1.29 is 52.2 Å². The summed E-state index contributed by atoms with van der Waals surface area (Å²) in [4.78, 5) is 32.6. The van der Waals surface area contributed by atoms with Gasteiger partial charge in [0.25, 0.3) is 0 Å². The Balaban J connectivity index is 0.000000302. The lowest BCUT2D eigenvalue weighted by atomic mass is 9.76. The van der Waals surface area contributed by atoms with E-state index in [4.69, 9.17) is 15.2 Å². The highest BCUT2D eigenvalue weighted by atomic mass is 127. The SMILES string of the molecule is COC(=O)c1cc(F)c(C)c(B(O)O)c1.COC(=O)c1cc(F)c(C)c(I)c1.Cc1c(F)cc(C(=O)O)cc1I. The van der Waals surface area contributed by atoms with E-state index in [0.29, 0.717) is 14.7 Å². The first-order valence-electron chi connectivity index (χ1n) is 11.0. The molecule has 0 radical (unpaired) electrons. The van der Waals surface area contributed by atoms with Gasteiger partial charge in [0.1, 0.15) is 17.5 Å². The van der Waals surface area contributed by atoms with Gasteiger partial charge in [0.05, 0.1) is 30.9 Å². The molecule has 40 heavy (non-hydrogen) atoms. The number of hydrogen-bond donors (Lipinski definition) is 3. The average molecular weight is 786 g/mol. The van der Waals surface area contributed by atoms with Crippen LogP contribution in [-0.4, -0.2) is 54.4 Å². The quantitative estimate of drug-likeness (QED) is 0.200. The maximum Gasteiger partial charge on any atom is 0.488 e. The highest BCUT2D eigenvalue weighted by molar-refractivity contribution is 14.1. The van der Waals surface area contributed by atoms with E-state index in [2.05, 4.69) is 9.47 Å². The predicted octanol–water partition coefficient (Wildman–Crippen LogP) is 4.56. The smallest absolute Gasteiger partial charge is 0.478 e. The lowest BCUT2D eigenvalue weighted by molar-refractivity contribution is 0.0591. The molecule has 3 N–H and O–H groups in total. The number of esters is 2. The van der Waals surface area contributed by atoms with E-state index in [-0.39, 0.29) is 33.5 Å². The molecular formula is C26H24BF3I2O8. The van der Waals surface area contributed by atoms with Crippen LogP contribution in [0.5, 0.6) is 0 Å². The molecule has 0 spiro atoms. The van der Waals surface area contributed by atoms with Crippen LogP contribution in [0, 0.1) is 45.4 Å². The van der Waals surface area contributed by atoms with Crippen LogP contribution in [-0.2, 0) is 9.47 Å². The van der Waals surface area contributed by atoms with Gasteiger partial charge >= 0.3 is 25.0 Å². The van der Waals surface area contributed by atoms with Crippen LogP contribution in [0.15, 0.2) is 36.4 Å². The van der Waals surface area contributed by atoms with Gasteiger partial charge in [0, 0.05) is 7.14 Å². The van der Waals surface area contributed by atoms with Gasteiger partial charge in [0.15, 0.2) is 0 Å². The number of halogens is 5. The highest BCUT2D eigenvalue weighted by Gasteiger charge is 2.20. The van der Waals surface area contributed by atoms with Gasteiger partial charge in [0.2, 0.25) is 0 Å². The summed E-state index contributed by atoms with van der Waals surface area (Å²) in [5.74, 6) is -3.88. The average Bonchev–Trinajstić information content (AvgIpc) is 2.90. The Morgan fingerprint density at radius 2 is 1.02 bits per heavy atom. The van der Waals surface area contributed by atoms with E-state index < -0.39 is 36.7 Å². The van der Waals surface area contributed by atoms with Crippen LogP contribution < -0.4 is 5.46 Å². The normalized spacial score (nSPS) is 9.90. The maximum absolute atomic E-state index is 13.3. The van der Waals surface area contributed by atoms with Gasteiger partial charge in [-0.1, -0.05) is 0 Å². The molecule has 0 aliphatic rings. The highest BCUT2D eigenvalue weighted by Crippen LogP contribution is 2.18. The molecule has 3 aromatic rings. The van der Waals surface area contributed by atoms with Crippen LogP contribution in [0.2, 0.25) is 0 Å². The lowest BCUT2D eigenvalue weighted by Gasteiger charge is -2.08. The molecule has 0 aliphatic heterocycles. The molecule has 0 aromatic heterocycles. The molecule has 214 valence electrons. The fraction of sp³-hybridized carbons (Fsp3) is 0.192. The minimum Gasteiger partial charge on any atom is -0.478 e. The van der Waals surface area contributed by atoms with Crippen LogP contribution in [0.25, 0.3) is 0 Å². The zero-order valence-corrected chi connectivity index (χ0v) is 26.1. The molecule has 3 aromatic carbocycles. The summed E-state index contributed by atoms with van der Waals surface area (Å²) in [6.07, 6.45) is 0. The third-order valence-electron chi connectivity index (χ3n) is 5.31. The number of benzene rings is 3. The molecule has 3 rings (SSSR count). The van der Waals surface area contributed by atoms with Crippen molar-refractivity contribution in [1.82, 2.24) is 0 Å². The molecule has 0 unspecified atom stereocenters. The molecule has 0 bridgehead atoms. The number of carboxylic acids is 1. The Bertz CT molecular complexity index is 1370. The van der Waals surface area contributed by atoms with Crippen LogP contribution in [0.1, 0.15) is 47.8 Å². The first-order chi connectivity index (χ1) is 18.5. The first-order valence-corrected chi connectivity index (χ1v) is 13.2. The van der Waals surface area contributed by atoms with E-state index in [9.17, 15) is 27.6 Å². The molecule has 0 saturated heterocycles. The Morgan fingerprint density at radius 3 is 1.38 bits per heavy atom. The van der Waals surface area contributed by atoms with Gasteiger partial charge in [-0.05, 0) is 125 Å². The number of aromatic carboxylic acids is 1. The summed E-state index contributed by atoms with van der Waals surface area (Å²) in [6.45, 7) is 4.67. The zero-order valence-electron chi connectivity index (χ0n) is 21.8. The van der Waals surface area contributed by atoms with Gasteiger partial charge in [-0.3, -0.25) is 0 Å². The lowest BCUT2D eigenvalue weighted by Crippen LogP contribution is -2.33. The summed E-state index contributed by atoms with van der Waals surface area (Å²) in [6, 6.07) is 7.44. The van der Waals surface area contributed by atoms with Crippen molar-refractivity contribution in [2.75, 3.05) is 14.2 Å². The molecule has 0 saturated carbocycles. The molecule has 0 aliphatic carbocycles. The molecule has 8 nitrogen and oxygen atoms in total. The summed E-state index contributed by atoms with van der Waals surface area (Å²) in [5, 5.41) is 26.4. The van der Waals surface area contributed by atoms with Crippen molar-refractivity contribution >= 4 is 75.7 Å². The molecule has 14 heteroatoms. The topological polar surface area (TPSA) is 130 Å². The fourth-order valence-corrected chi connectivity index (χ4v) is 4.04.